The molecule has 0 saturated carbocycles. The van der Waals surface area contributed by atoms with E-state index in [0.29, 0.717) is 6.04 Å². The second kappa shape index (κ2) is 3.73. The van der Waals surface area contributed by atoms with Crippen LogP contribution in [-0.4, -0.2) is 27.3 Å². The van der Waals surface area contributed by atoms with Crippen molar-refractivity contribution in [2.45, 2.75) is 46.3 Å². The Bertz CT molecular complexity index is 314. The predicted molar refractivity (Wildman–Crippen MR) is 57.2 cm³/mol. The minimum absolute atomic E-state index is 0.634. The molecule has 14 heavy (non-hydrogen) atoms. The molecular formula is C11H19N3. The number of hydrogen-bond acceptors (Lipinski definition) is 2. The van der Waals surface area contributed by atoms with E-state index < -0.39 is 0 Å². The van der Waals surface area contributed by atoms with Gasteiger partial charge in [-0.3, -0.25) is 9.58 Å². The minimum Gasteiger partial charge on any atom is -0.295 e. The van der Waals surface area contributed by atoms with Crippen molar-refractivity contribution >= 4 is 0 Å². The highest BCUT2D eigenvalue weighted by molar-refractivity contribution is 5.20. The fraction of sp³-hybridized carbons (Fsp3) is 0.727. The average molecular weight is 193 g/mol. The van der Waals surface area contributed by atoms with E-state index in [-0.39, 0.29) is 0 Å². The molecule has 0 bridgehead atoms. The molecule has 3 heteroatoms. The maximum Gasteiger partial charge on any atom is 0.0797 e. The number of aromatic nitrogens is 2. The maximum absolute atomic E-state index is 4.58. The molecule has 0 fully saturated rings. The second-order valence-corrected chi connectivity index (χ2v) is 4.27. The Morgan fingerprint density at radius 1 is 1.50 bits per heavy atom. The molecular weight excluding hydrogens is 174 g/mol. The Hall–Kier alpha value is -0.830. The Balaban J connectivity index is 2.17. The second-order valence-electron chi connectivity index (χ2n) is 4.27. The summed E-state index contributed by atoms with van der Waals surface area (Å²) in [5, 5.41) is 4.58. The van der Waals surface area contributed by atoms with Crippen molar-refractivity contribution in [3.8, 4) is 0 Å². The third-order valence-electron chi connectivity index (χ3n) is 3.00. The van der Waals surface area contributed by atoms with E-state index in [1.54, 1.807) is 0 Å². The molecule has 2 heterocycles. The summed E-state index contributed by atoms with van der Waals surface area (Å²) < 4.78 is 2.05. The Morgan fingerprint density at radius 2 is 2.29 bits per heavy atom. The van der Waals surface area contributed by atoms with Crippen LogP contribution in [-0.2, 0) is 19.5 Å². The number of fused-ring (bicyclic) bond motifs is 1. The highest BCUT2D eigenvalue weighted by atomic mass is 15.3. The molecule has 0 unspecified atom stereocenters. The predicted octanol–water partition coefficient (Wildman–Crippen LogP) is 1.67. The van der Waals surface area contributed by atoms with Gasteiger partial charge >= 0.3 is 0 Å². The summed E-state index contributed by atoms with van der Waals surface area (Å²) >= 11 is 0. The van der Waals surface area contributed by atoms with Crippen LogP contribution in [0.4, 0.5) is 0 Å². The van der Waals surface area contributed by atoms with E-state index in [2.05, 4.69) is 41.6 Å². The largest absolute Gasteiger partial charge is 0.295 e. The van der Waals surface area contributed by atoms with Crippen molar-refractivity contribution in [1.29, 1.82) is 0 Å². The smallest absolute Gasteiger partial charge is 0.0797 e. The Morgan fingerprint density at radius 3 is 2.93 bits per heavy atom. The van der Waals surface area contributed by atoms with Crippen LogP contribution >= 0.6 is 0 Å². The van der Waals surface area contributed by atoms with Crippen molar-refractivity contribution in [3.63, 3.8) is 0 Å². The monoisotopic (exact) mass is 193 g/mol. The molecule has 0 aliphatic carbocycles. The van der Waals surface area contributed by atoms with Gasteiger partial charge in [0.15, 0.2) is 0 Å². The fourth-order valence-electron chi connectivity index (χ4n) is 1.98. The number of nitrogens with zero attached hydrogens (tertiary/aromatic N) is 3. The summed E-state index contributed by atoms with van der Waals surface area (Å²) in [4.78, 5) is 2.48. The molecule has 3 nitrogen and oxygen atoms in total. The zero-order valence-electron chi connectivity index (χ0n) is 9.32. The zero-order chi connectivity index (χ0) is 10.1. The van der Waals surface area contributed by atoms with Crippen molar-refractivity contribution < 1.29 is 0 Å². The summed E-state index contributed by atoms with van der Waals surface area (Å²) in [5.41, 5.74) is 2.73. The SMILES string of the molecule is CCn1cc2c(n1)CN(C(C)C)CC2. The molecule has 0 N–H and O–H groups in total. The van der Waals surface area contributed by atoms with Gasteiger partial charge in [0, 0.05) is 31.9 Å². The molecule has 0 atom stereocenters. The van der Waals surface area contributed by atoms with Gasteiger partial charge < -0.3 is 0 Å². The van der Waals surface area contributed by atoms with Crippen LogP contribution in [0.25, 0.3) is 0 Å². The summed E-state index contributed by atoms with van der Waals surface area (Å²) in [5.74, 6) is 0. The van der Waals surface area contributed by atoms with Gasteiger partial charge in [0.1, 0.15) is 0 Å². The Kier molecular flexibility index (Phi) is 2.59. The molecule has 0 saturated heterocycles. The van der Waals surface area contributed by atoms with Crippen molar-refractivity contribution in [2.24, 2.45) is 0 Å². The van der Waals surface area contributed by atoms with E-state index in [9.17, 15) is 0 Å². The van der Waals surface area contributed by atoms with Gasteiger partial charge in [0.25, 0.3) is 0 Å². The van der Waals surface area contributed by atoms with Gasteiger partial charge in [-0.05, 0) is 32.8 Å². The summed E-state index contributed by atoms with van der Waals surface area (Å²) in [6.07, 6.45) is 3.36. The van der Waals surface area contributed by atoms with E-state index in [1.807, 2.05) is 0 Å². The molecule has 78 valence electrons. The first-order valence-electron chi connectivity index (χ1n) is 5.50. The first kappa shape index (κ1) is 9.71. The number of hydrogen-bond donors (Lipinski definition) is 0. The van der Waals surface area contributed by atoms with Crippen molar-refractivity contribution in [3.05, 3.63) is 17.5 Å². The first-order chi connectivity index (χ1) is 6.70. The van der Waals surface area contributed by atoms with Crippen molar-refractivity contribution in [1.82, 2.24) is 14.7 Å². The van der Waals surface area contributed by atoms with Crippen LogP contribution in [0.15, 0.2) is 6.20 Å². The molecule has 1 aliphatic heterocycles. The topological polar surface area (TPSA) is 21.1 Å². The molecule has 1 aliphatic rings. The van der Waals surface area contributed by atoms with Crippen LogP contribution in [0, 0.1) is 0 Å². The summed E-state index contributed by atoms with van der Waals surface area (Å²) in [6.45, 7) is 9.83. The highest BCUT2D eigenvalue weighted by Crippen LogP contribution is 2.18. The standard InChI is InChI=1S/C11H19N3/c1-4-14-7-10-5-6-13(9(2)3)8-11(10)12-14/h7,9H,4-6,8H2,1-3H3. The molecule has 1 aromatic heterocycles. The Labute approximate surface area is 85.7 Å². The van der Waals surface area contributed by atoms with E-state index in [0.717, 1.165) is 19.5 Å². The molecule has 0 aromatic carbocycles. The molecule has 2 rings (SSSR count). The molecule has 0 amide bonds. The normalized spacial score (nSPS) is 17.4. The lowest BCUT2D eigenvalue weighted by molar-refractivity contribution is 0.200. The number of aryl methyl sites for hydroxylation is 1. The third-order valence-corrected chi connectivity index (χ3v) is 3.00. The van der Waals surface area contributed by atoms with Crippen LogP contribution < -0.4 is 0 Å². The summed E-state index contributed by atoms with van der Waals surface area (Å²) in [7, 11) is 0. The van der Waals surface area contributed by atoms with Crippen LogP contribution in [0.2, 0.25) is 0 Å². The number of rotatable bonds is 2. The average Bonchev–Trinajstić information content (AvgIpc) is 2.58. The molecule has 1 aromatic rings. The van der Waals surface area contributed by atoms with Gasteiger partial charge in [-0.15, -0.1) is 0 Å². The van der Waals surface area contributed by atoms with Gasteiger partial charge in [-0.2, -0.15) is 5.10 Å². The van der Waals surface area contributed by atoms with Crippen LogP contribution in [0.5, 0.6) is 0 Å². The van der Waals surface area contributed by atoms with Crippen LogP contribution in [0.1, 0.15) is 32.0 Å². The minimum atomic E-state index is 0.634. The van der Waals surface area contributed by atoms with Crippen LogP contribution in [0.3, 0.4) is 0 Å². The lowest BCUT2D eigenvalue weighted by Crippen LogP contribution is -2.35. The van der Waals surface area contributed by atoms with E-state index in [4.69, 9.17) is 0 Å². The quantitative estimate of drug-likeness (QED) is 0.712. The van der Waals surface area contributed by atoms with E-state index in [1.165, 1.54) is 17.8 Å². The van der Waals surface area contributed by atoms with Gasteiger partial charge in [0.05, 0.1) is 5.69 Å². The maximum atomic E-state index is 4.58. The zero-order valence-corrected chi connectivity index (χ0v) is 9.32. The van der Waals surface area contributed by atoms with Crippen molar-refractivity contribution in [2.75, 3.05) is 6.54 Å². The van der Waals surface area contributed by atoms with Gasteiger partial charge in [0.2, 0.25) is 0 Å². The highest BCUT2D eigenvalue weighted by Gasteiger charge is 2.20. The first-order valence-corrected chi connectivity index (χ1v) is 5.50. The fourth-order valence-corrected chi connectivity index (χ4v) is 1.98. The third kappa shape index (κ3) is 1.69. The molecule has 0 spiro atoms. The van der Waals surface area contributed by atoms with Gasteiger partial charge in [-0.25, -0.2) is 0 Å². The van der Waals surface area contributed by atoms with Gasteiger partial charge in [-0.1, -0.05) is 0 Å². The summed E-state index contributed by atoms with van der Waals surface area (Å²) in [6, 6.07) is 0.634. The lowest BCUT2D eigenvalue weighted by atomic mass is 10.1. The van der Waals surface area contributed by atoms with E-state index >= 15 is 0 Å². The lowest BCUT2D eigenvalue weighted by Gasteiger charge is -2.29. The molecule has 0 radical (unpaired) electrons.